The molecule has 0 heterocycles. The van der Waals surface area contributed by atoms with Crippen LogP contribution in [0.2, 0.25) is 0 Å². The first-order valence-electron chi connectivity index (χ1n) is 11.7. The Kier molecular flexibility index (Phi) is 8.57. The summed E-state index contributed by atoms with van der Waals surface area (Å²) < 4.78 is 32.6. The van der Waals surface area contributed by atoms with Gasteiger partial charge in [0.2, 0.25) is 10.0 Å². The molecule has 0 aliphatic heterocycles. The second-order valence-electron chi connectivity index (χ2n) is 9.05. The van der Waals surface area contributed by atoms with Gasteiger partial charge >= 0.3 is 0 Å². The number of benzene rings is 3. The van der Waals surface area contributed by atoms with E-state index in [9.17, 15) is 13.2 Å². The summed E-state index contributed by atoms with van der Waals surface area (Å²) in [5, 5.41) is 2.85. The fourth-order valence-corrected chi connectivity index (χ4v) is 4.88. The van der Waals surface area contributed by atoms with Gasteiger partial charge in [-0.05, 0) is 66.3 Å². The molecule has 0 unspecified atom stereocenters. The van der Waals surface area contributed by atoms with Crippen LogP contribution in [0, 0.1) is 13.8 Å². The number of nitrogens with one attached hydrogen (secondary N) is 1. The lowest BCUT2D eigenvalue weighted by Crippen LogP contribution is -2.31. The summed E-state index contributed by atoms with van der Waals surface area (Å²) in [6, 6.07) is 20.6. The third-order valence-electron chi connectivity index (χ3n) is 5.73. The van der Waals surface area contributed by atoms with Crippen LogP contribution in [0.25, 0.3) is 0 Å². The molecule has 186 valence electrons. The van der Waals surface area contributed by atoms with Gasteiger partial charge in [0.1, 0.15) is 12.4 Å². The summed E-state index contributed by atoms with van der Waals surface area (Å²) in [4.78, 5) is 12.5. The van der Waals surface area contributed by atoms with Crippen molar-refractivity contribution < 1.29 is 17.9 Å². The van der Waals surface area contributed by atoms with Gasteiger partial charge in [-0.3, -0.25) is 9.10 Å². The van der Waals surface area contributed by atoms with E-state index < -0.39 is 10.0 Å². The van der Waals surface area contributed by atoms with Gasteiger partial charge in [0.15, 0.2) is 0 Å². The Bertz CT molecular complexity index is 1270. The Labute approximate surface area is 209 Å². The van der Waals surface area contributed by atoms with Crippen molar-refractivity contribution in [2.24, 2.45) is 0 Å². The molecular formula is C28H34N2O4S. The molecule has 7 heteroatoms. The highest BCUT2D eigenvalue weighted by molar-refractivity contribution is 7.92. The second kappa shape index (κ2) is 11.4. The average Bonchev–Trinajstić information content (AvgIpc) is 2.80. The average molecular weight is 495 g/mol. The standard InChI is InChI=1S/C28H34N2O4S/c1-20(2)26-11-7-9-22(4)27(26)30(35(5,32)33)19-23-12-14-24(15-13-23)28(31)29-16-17-34-25-10-6-8-21(3)18-25/h6-15,18,20H,16-17,19H2,1-5H3,(H,29,31). The van der Waals surface area contributed by atoms with Crippen molar-refractivity contribution in [3.05, 3.63) is 94.5 Å². The van der Waals surface area contributed by atoms with E-state index in [2.05, 4.69) is 19.2 Å². The largest absolute Gasteiger partial charge is 0.492 e. The van der Waals surface area contributed by atoms with Crippen LogP contribution in [0.15, 0.2) is 66.7 Å². The quantitative estimate of drug-likeness (QED) is 0.393. The maximum atomic E-state index is 12.8. The van der Waals surface area contributed by atoms with Gasteiger partial charge in [-0.15, -0.1) is 0 Å². The van der Waals surface area contributed by atoms with Crippen molar-refractivity contribution in [1.82, 2.24) is 5.32 Å². The molecule has 35 heavy (non-hydrogen) atoms. The molecule has 0 aliphatic rings. The first-order chi connectivity index (χ1) is 16.6. The lowest BCUT2D eigenvalue weighted by atomic mass is 9.98. The van der Waals surface area contributed by atoms with Gasteiger partial charge in [0.05, 0.1) is 25.0 Å². The molecule has 3 aromatic rings. The Balaban J connectivity index is 1.66. The number of amides is 1. The predicted octanol–water partition coefficient (Wildman–Crippen LogP) is 5.20. The first-order valence-corrected chi connectivity index (χ1v) is 13.5. The molecule has 0 radical (unpaired) electrons. The van der Waals surface area contributed by atoms with Gasteiger partial charge in [-0.25, -0.2) is 8.42 Å². The van der Waals surface area contributed by atoms with Gasteiger partial charge < -0.3 is 10.1 Å². The number of anilines is 1. The Morgan fingerprint density at radius 2 is 1.69 bits per heavy atom. The molecule has 0 saturated heterocycles. The van der Waals surface area contributed by atoms with Crippen LogP contribution in [-0.4, -0.2) is 33.7 Å². The third kappa shape index (κ3) is 7.09. The lowest BCUT2D eigenvalue weighted by molar-refractivity contribution is 0.0947. The summed E-state index contributed by atoms with van der Waals surface area (Å²) in [7, 11) is -3.52. The van der Waals surface area contributed by atoms with Crippen LogP contribution < -0.4 is 14.4 Å². The normalized spacial score (nSPS) is 11.4. The van der Waals surface area contributed by atoms with Crippen molar-refractivity contribution in [2.45, 2.75) is 40.2 Å². The van der Waals surface area contributed by atoms with E-state index in [-0.39, 0.29) is 18.4 Å². The predicted molar refractivity (Wildman–Crippen MR) is 142 cm³/mol. The van der Waals surface area contributed by atoms with Crippen molar-refractivity contribution >= 4 is 21.6 Å². The number of sulfonamides is 1. The Morgan fingerprint density at radius 1 is 1.00 bits per heavy atom. The van der Waals surface area contributed by atoms with Gasteiger partial charge in [-0.1, -0.05) is 56.3 Å². The Hall–Kier alpha value is -3.32. The molecule has 0 aliphatic carbocycles. The zero-order valence-corrected chi connectivity index (χ0v) is 21.9. The topological polar surface area (TPSA) is 75.7 Å². The van der Waals surface area contributed by atoms with Crippen LogP contribution in [0.1, 0.15) is 52.4 Å². The van der Waals surface area contributed by atoms with Crippen molar-refractivity contribution in [1.29, 1.82) is 0 Å². The zero-order valence-electron chi connectivity index (χ0n) is 21.0. The fraction of sp³-hybridized carbons (Fsp3) is 0.321. The highest BCUT2D eigenvalue weighted by Crippen LogP contribution is 2.33. The molecule has 1 N–H and O–H groups in total. The summed E-state index contributed by atoms with van der Waals surface area (Å²) in [6.45, 7) is 8.96. The molecule has 3 rings (SSSR count). The van der Waals surface area contributed by atoms with E-state index in [1.807, 2.05) is 56.3 Å². The minimum atomic E-state index is -3.52. The van der Waals surface area contributed by atoms with Gasteiger partial charge in [0, 0.05) is 5.56 Å². The maximum Gasteiger partial charge on any atom is 0.251 e. The van der Waals surface area contributed by atoms with Crippen molar-refractivity contribution in [3.63, 3.8) is 0 Å². The number of para-hydroxylation sites is 1. The SMILES string of the molecule is Cc1cccc(OCCNC(=O)c2ccc(CN(c3c(C)cccc3C(C)C)S(C)(=O)=O)cc2)c1. The fourth-order valence-electron chi connectivity index (χ4n) is 3.92. The van der Waals surface area contributed by atoms with Crippen LogP contribution in [-0.2, 0) is 16.6 Å². The number of hydrogen-bond donors (Lipinski definition) is 1. The van der Waals surface area contributed by atoms with Crippen molar-refractivity contribution in [3.8, 4) is 5.75 Å². The van der Waals surface area contributed by atoms with Crippen LogP contribution in [0.5, 0.6) is 5.75 Å². The number of rotatable bonds is 10. The summed E-state index contributed by atoms with van der Waals surface area (Å²) >= 11 is 0. The van der Waals surface area contributed by atoms with E-state index in [0.29, 0.717) is 18.7 Å². The molecule has 0 aromatic heterocycles. The van der Waals surface area contributed by atoms with Crippen LogP contribution in [0.4, 0.5) is 5.69 Å². The van der Waals surface area contributed by atoms with E-state index >= 15 is 0 Å². The van der Waals surface area contributed by atoms with Gasteiger partial charge in [-0.2, -0.15) is 0 Å². The van der Waals surface area contributed by atoms with E-state index in [0.717, 1.165) is 33.7 Å². The molecule has 0 saturated carbocycles. The summed E-state index contributed by atoms with van der Waals surface area (Å²) in [5.74, 6) is 0.744. The maximum absolute atomic E-state index is 12.8. The smallest absolute Gasteiger partial charge is 0.251 e. The van der Waals surface area contributed by atoms with Crippen LogP contribution in [0.3, 0.4) is 0 Å². The van der Waals surface area contributed by atoms with E-state index in [1.165, 1.54) is 10.6 Å². The zero-order chi connectivity index (χ0) is 25.6. The number of aryl methyl sites for hydroxylation is 2. The van der Waals surface area contributed by atoms with E-state index in [4.69, 9.17) is 4.74 Å². The van der Waals surface area contributed by atoms with Gasteiger partial charge in [0.25, 0.3) is 5.91 Å². The molecule has 3 aromatic carbocycles. The summed E-state index contributed by atoms with van der Waals surface area (Å²) in [5.41, 5.74) is 5.04. The minimum absolute atomic E-state index is 0.176. The number of carbonyl (C=O) groups is 1. The second-order valence-corrected chi connectivity index (χ2v) is 11.0. The number of nitrogens with zero attached hydrogens (tertiary/aromatic N) is 1. The molecule has 0 bridgehead atoms. The molecule has 0 spiro atoms. The molecule has 0 atom stereocenters. The molecular weight excluding hydrogens is 460 g/mol. The van der Waals surface area contributed by atoms with E-state index in [1.54, 1.807) is 24.3 Å². The molecule has 0 fully saturated rings. The molecule has 1 amide bonds. The Morgan fingerprint density at radius 3 is 2.31 bits per heavy atom. The number of ether oxygens (including phenoxy) is 1. The first kappa shape index (κ1) is 26.3. The van der Waals surface area contributed by atoms with Crippen LogP contribution >= 0.6 is 0 Å². The van der Waals surface area contributed by atoms with Crippen molar-refractivity contribution in [2.75, 3.05) is 23.7 Å². The number of hydrogen-bond acceptors (Lipinski definition) is 4. The third-order valence-corrected chi connectivity index (χ3v) is 6.84. The highest BCUT2D eigenvalue weighted by atomic mass is 32.2. The highest BCUT2D eigenvalue weighted by Gasteiger charge is 2.23. The molecule has 6 nitrogen and oxygen atoms in total. The minimum Gasteiger partial charge on any atom is -0.492 e. The lowest BCUT2D eigenvalue weighted by Gasteiger charge is -2.28. The summed E-state index contributed by atoms with van der Waals surface area (Å²) in [6.07, 6.45) is 1.23. The monoisotopic (exact) mass is 494 g/mol. The number of carbonyl (C=O) groups excluding carboxylic acids is 1.